The van der Waals surface area contributed by atoms with E-state index in [1.165, 1.54) is 0 Å². The zero-order valence-corrected chi connectivity index (χ0v) is 12.3. The lowest BCUT2D eigenvalue weighted by Crippen LogP contribution is -2.15. The molecule has 0 aliphatic rings. The SMILES string of the molecule is C=C(C)/C(Cl)=C(/C)N(C)c1cccc(C(=C)C)c1. The van der Waals surface area contributed by atoms with Crippen molar-refractivity contribution in [2.75, 3.05) is 11.9 Å². The largest absolute Gasteiger partial charge is 0.347 e. The molecule has 0 saturated carbocycles. The smallest absolute Gasteiger partial charge is 0.0621 e. The molecule has 0 radical (unpaired) electrons. The minimum Gasteiger partial charge on any atom is -0.347 e. The monoisotopic (exact) mass is 261 g/mol. The van der Waals surface area contributed by atoms with Crippen LogP contribution >= 0.6 is 11.6 Å². The fourth-order valence-corrected chi connectivity index (χ4v) is 1.76. The number of rotatable bonds is 4. The van der Waals surface area contributed by atoms with E-state index in [2.05, 4.69) is 36.3 Å². The van der Waals surface area contributed by atoms with Gasteiger partial charge < -0.3 is 4.90 Å². The quantitative estimate of drug-likeness (QED) is 0.673. The topological polar surface area (TPSA) is 3.24 Å². The molecule has 0 spiro atoms. The second-order valence-electron chi connectivity index (χ2n) is 4.57. The Hall–Kier alpha value is -1.47. The molecule has 0 aliphatic heterocycles. The first kappa shape index (κ1) is 14.6. The summed E-state index contributed by atoms with van der Waals surface area (Å²) in [4.78, 5) is 2.06. The van der Waals surface area contributed by atoms with Crippen molar-refractivity contribution in [3.05, 3.63) is 59.3 Å². The lowest BCUT2D eigenvalue weighted by atomic mass is 10.1. The van der Waals surface area contributed by atoms with E-state index >= 15 is 0 Å². The maximum Gasteiger partial charge on any atom is 0.0621 e. The Morgan fingerprint density at radius 3 is 2.28 bits per heavy atom. The average Bonchev–Trinajstić information content (AvgIpc) is 2.36. The summed E-state index contributed by atoms with van der Waals surface area (Å²) < 4.78 is 0. The molecule has 0 N–H and O–H groups in total. The summed E-state index contributed by atoms with van der Waals surface area (Å²) >= 11 is 6.23. The van der Waals surface area contributed by atoms with Gasteiger partial charge in [-0.2, -0.15) is 0 Å². The highest BCUT2D eigenvalue weighted by Gasteiger charge is 2.08. The molecule has 0 aromatic heterocycles. The summed E-state index contributed by atoms with van der Waals surface area (Å²) in [5.41, 5.74) is 5.14. The Morgan fingerprint density at radius 2 is 1.78 bits per heavy atom. The molecule has 0 amide bonds. The Bertz CT molecular complexity index is 512. The van der Waals surface area contributed by atoms with Gasteiger partial charge >= 0.3 is 0 Å². The lowest BCUT2D eigenvalue weighted by molar-refractivity contribution is 1.08. The van der Waals surface area contributed by atoms with Gasteiger partial charge in [-0.15, -0.1) is 0 Å². The van der Waals surface area contributed by atoms with Gasteiger partial charge in [-0.25, -0.2) is 0 Å². The third kappa shape index (κ3) is 3.27. The normalized spacial score (nSPS) is 11.8. The van der Waals surface area contributed by atoms with Crippen molar-refractivity contribution in [1.29, 1.82) is 0 Å². The summed E-state index contributed by atoms with van der Waals surface area (Å²) in [7, 11) is 2.00. The highest BCUT2D eigenvalue weighted by molar-refractivity contribution is 6.32. The van der Waals surface area contributed by atoms with Crippen LogP contribution in [0.5, 0.6) is 0 Å². The Labute approximate surface area is 115 Å². The molecular weight excluding hydrogens is 242 g/mol. The molecule has 0 saturated heterocycles. The maximum absolute atomic E-state index is 6.23. The van der Waals surface area contributed by atoms with Crippen molar-refractivity contribution in [2.24, 2.45) is 0 Å². The molecule has 18 heavy (non-hydrogen) atoms. The van der Waals surface area contributed by atoms with Gasteiger partial charge in [0, 0.05) is 18.4 Å². The van der Waals surface area contributed by atoms with Crippen LogP contribution in [0.2, 0.25) is 0 Å². The van der Waals surface area contributed by atoms with Crippen LogP contribution in [0.4, 0.5) is 5.69 Å². The molecule has 1 aromatic rings. The zero-order valence-electron chi connectivity index (χ0n) is 11.5. The molecular formula is C16H20ClN. The molecule has 1 nitrogen and oxygen atoms in total. The summed E-state index contributed by atoms with van der Waals surface area (Å²) in [5.74, 6) is 0. The molecule has 96 valence electrons. The zero-order chi connectivity index (χ0) is 13.9. The van der Waals surface area contributed by atoms with Crippen LogP contribution in [0, 0.1) is 0 Å². The van der Waals surface area contributed by atoms with Gasteiger partial charge in [-0.1, -0.05) is 42.5 Å². The van der Waals surface area contributed by atoms with Gasteiger partial charge in [-0.3, -0.25) is 0 Å². The molecule has 0 heterocycles. The fraction of sp³-hybridized carbons (Fsp3) is 0.250. The van der Waals surface area contributed by atoms with Crippen LogP contribution in [0.1, 0.15) is 26.3 Å². The minimum atomic E-state index is 0.707. The Balaban J connectivity index is 3.15. The summed E-state index contributed by atoms with van der Waals surface area (Å²) in [6, 6.07) is 8.24. The first-order chi connectivity index (χ1) is 8.34. The standard InChI is InChI=1S/C16H20ClN/c1-11(2)14-8-7-9-15(10-14)18(6)13(5)16(17)12(3)4/h7-10H,1,3H2,2,4-6H3/b16-13+. The molecule has 1 rings (SSSR count). The number of allylic oxidation sites excluding steroid dienone is 4. The first-order valence-corrected chi connectivity index (χ1v) is 6.24. The van der Waals surface area contributed by atoms with Crippen molar-refractivity contribution in [3.63, 3.8) is 0 Å². The van der Waals surface area contributed by atoms with E-state index in [1.807, 2.05) is 33.9 Å². The maximum atomic E-state index is 6.23. The van der Waals surface area contributed by atoms with Gasteiger partial charge in [0.05, 0.1) is 5.03 Å². The van der Waals surface area contributed by atoms with Crippen LogP contribution in [0.15, 0.2) is 53.7 Å². The van der Waals surface area contributed by atoms with E-state index < -0.39 is 0 Å². The highest BCUT2D eigenvalue weighted by Crippen LogP contribution is 2.26. The second-order valence-corrected chi connectivity index (χ2v) is 4.95. The van der Waals surface area contributed by atoms with Gasteiger partial charge in [0.15, 0.2) is 0 Å². The van der Waals surface area contributed by atoms with E-state index in [-0.39, 0.29) is 0 Å². The van der Waals surface area contributed by atoms with Crippen molar-refractivity contribution in [2.45, 2.75) is 20.8 Å². The fourth-order valence-electron chi connectivity index (χ4n) is 1.63. The van der Waals surface area contributed by atoms with Crippen molar-refractivity contribution >= 4 is 22.9 Å². The van der Waals surface area contributed by atoms with E-state index in [4.69, 9.17) is 11.6 Å². The van der Waals surface area contributed by atoms with Gasteiger partial charge in [0.1, 0.15) is 0 Å². The Morgan fingerprint density at radius 1 is 1.17 bits per heavy atom. The van der Waals surface area contributed by atoms with Crippen LogP contribution < -0.4 is 4.90 Å². The number of hydrogen-bond donors (Lipinski definition) is 0. The molecule has 0 fully saturated rings. The summed E-state index contributed by atoms with van der Waals surface area (Å²) in [6.07, 6.45) is 0. The predicted molar refractivity (Wildman–Crippen MR) is 82.9 cm³/mol. The molecule has 0 unspecified atom stereocenters. The highest BCUT2D eigenvalue weighted by atomic mass is 35.5. The number of halogens is 1. The van der Waals surface area contributed by atoms with Gasteiger partial charge in [0.25, 0.3) is 0 Å². The first-order valence-electron chi connectivity index (χ1n) is 5.86. The van der Waals surface area contributed by atoms with Crippen LogP contribution in [0.25, 0.3) is 5.57 Å². The van der Waals surface area contributed by atoms with Crippen molar-refractivity contribution < 1.29 is 0 Å². The lowest BCUT2D eigenvalue weighted by Gasteiger charge is -2.22. The molecule has 1 aromatic carbocycles. The molecule has 0 aliphatic carbocycles. The van der Waals surface area contributed by atoms with Crippen LogP contribution in [0.3, 0.4) is 0 Å². The molecule has 0 bridgehead atoms. The van der Waals surface area contributed by atoms with Crippen LogP contribution in [-0.2, 0) is 0 Å². The van der Waals surface area contributed by atoms with E-state index in [9.17, 15) is 0 Å². The van der Waals surface area contributed by atoms with Crippen molar-refractivity contribution in [3.8, 4) is 0 Å². The summed E-state index contributed by atoms with van der Waals surface area (Å²) in [6.45, 7) is 13.7. The third-order valence-electron chi connectivity index (χ3n) is 2.92. The van der Waals surface area contributed by atoms with E-state index in [0.717, 1.165) is 28.1 Å². The number of hydrogen-bond acceptors (Lipinski definition) is 1. The van der Waals surface area contributed by atoms with Crippen molar-refractivity contribution in [1.82, 2.24) is 0 Å². The third-order valence-corrected chi connectivity index (χ3v) is 3.52. The van der Waals surface area contributed by atoms with Crippen LogP contribution in [-0.4, -0.2) is 7.05 Å². The Kier molecular flexibility index (Phi) is 4.80. The average molecular weight is 262 g/mol. The van der Waals surface area contributed by atoms with E-state index in [0.29, 0.717) is 5.03 Å². The summed E-state index contributed by atoms with van der Waals surface area (Å²) in [5, 5.41) is 0.707. The minimum absolute atomic E-state index is 0.707. The molecule has 2 heteroatoms. The predicted octanol–water partition coefficient (Wildman–Crippen LogP) is 5.20. The van der Waals surface area contributed by atoms with Gasteiger partial charge in [-0.05, 0) is 44.0 Å². The van der Waals surface area contributed by atoms with Gasteiger partial charge in [0.2, 0.25) is 0 Å². The number of benzene rings is 1. The number of anilines is 1. The molecule has 0 atom stereocenters. The number of nitrogens with zero attached hydrogens (tertiary/aromatic N) is 1. The van der Waals surface area contributed by atoms with E-state index in [1.54, 1.807) is 0 Å². The second kappa shape index (κ2) is 5.92.